The van der Waals surface area contributed by atoms with E-state index in [9.17, 15) is 43.8 Å². The second-order valence-corrected chi connectivity index (χ2v) is 9.12. The number of carboxylic acid groups (broad SMARTS) is 2. The zero-order chi connectivity index (χ0) is 29.4. The molecule has 0 aromatic rings. The minimum absolute atomic E-state index is 0.0938. The Labute approximate surface area is 220 Å². The molecule has 0 rings (SSSR count). The second kappa shape index (κ2) is 17.7. The molecule has 0 aliphatic carbocycles. The van der Waals surface area contributed by atoms with E-state index in [1.54, 1.807) is 0 Å². The number of amides is 3. The molecule has 0 saturated heterocycles. The van der Waals surface area contributed by atoms with Crippen molar-refractivity contribution >= 4 is 47.4 Å². The molecule has 0 aliphatic heterocycles. The quantitative estimate of drug-likeness (QED) is 0.0784. The van der Waals surface area contributed by atoms with Crippen molar-refractivity contribution in [2.24, 2.45) is 17.4 Å². The lowest BCUT2D eigenvalue weighted by Crippen LogP contribution is -2.52. The summed E-state index contributed by atoms with van der Waals surface area (Å²) in [4.78, 5) is 83.4. The molecule has 214 valence electrons. The molecule has 0 saturated carbocycles. The maximum Gasteiger partial charge on any atom is 0.326 e. The maximum atomic E-state index is 12.7. The molecule has 15 heteroatoms. The van der Waals surface area contributed by atoms with Crippen LogP contribution in [0.2, 0.25) is 0 Å². The molecule has 4 atom stereocenters. The second-order valence-electron chi connectivity index (χ2n) is 9.12. The highest BCUT2D eigenvalue weighted by molar-refractivity contribution is 6.26. The summed E-state index contributed by atoms with van der Waals surface area (Å²) in [6.07, 6.45) is -0.967. The molecule has 38 heavy (non-hydrogen) atoms. The van der Waals surface area contributed by atoms with Crippen LogP contribution in [0.1, 0.15) is 58.8 Å². The zero-order valence-corrected chi connectivity index (χ0v) is 21.5. The van der Waals surface area contributed by atoms with Gasteiger partial charge in [0.1, 0.15) is 23.9 Å². The Balaban J connectivity index is 5.31. The first-order valence-electron chi connectivity index (χ1n) is 12.1. The Morgan fingerprint density at radius 2 is 1.29 bits per heavy atom. The van der Waals surface area contributed by atoms with Crippen LogP contribution in [0, 0.1) is 11.3 Å². The highest BCUT2D eigenvalue weighted by Gasteiger charge is 2.29. The number of rotatable bonds is 20. The fourth-order valence-corrected chi connectivity index (χ4v) is 3.26. The maximum absolute atomic E-state index is 12.7. The molecule has 0 aliphatic rings. The Morgan fingerprint density at radius 3 is 1.76 bits per heavy atom. The van der Waals surface area contributed by atoms with Gasteiger partial charge in [-0.2, -0.15) is 0 Å². The van der Waals surface area contributed by atoms with E-state index >= 15 is 0 Å². The van der Waals surface area contributed by atoms with Gasteiger partial charge in [-0.3, -0.25) is 24.0 Å². The van der Waals surface area contributed by atoms with Crippen LogP contribution in [0.25, 0.3) is 0 Å². The third-order valence-corrected chi connectivity index (χ3v) is 5.38. The van der Waals surface area contributed by atoms with Crippen molar-refractivity contribution in [1.29, 1.82) is 5.41 Å². The van der Waals surface area contributed by atoms with Crippen LogP contribution in [0.3, 0.4) is 0 Å². The lowest BCUT2D eigenvalue weighted by atomic mass is 10.0. The number of carbonyl (C=O) groups is 7. The molecule has 3 amide bonds. The minimum Gasteiger partial charge on any atom is -0.480 e. The first kappa shape index (κ1) is 34.3. The first-order valence-corrected chi connectivity index (χ1v) is 12.1. The van der Waals surface area contributed by atoms with Gasteiger partial charge < -0.3 is 43.0 Å². The number of nitrogens with two attached hydrogens (primary N) is 2. The van der Waals surface area contributed by atoms with Crippen molar-refractivity contribution in [3.63, 3.8) is 0 Å². The van der Waals surface area contributed by atoms with Crippen LogP contribution >= 0.6 is 0 Å². The third-order valence-electron chi connectivity index (χ3n) is 5.38. The van der Waals surface area contributed by atoms with Crippen molar-refractivity contribution in [1.82, 2.24) is 16.0 Å². The fraction of sp³-hybridized carbons (Fsp3) is 0.652. The summed E-state index contributed by atoms with van der Waals surface area (Å²) < 4.78 is 0. The lowest BCUT2D eigenvalue weighted by molar-refractivity contribution is -0.142. The summed E-state index contributed by atoms with van der Waals surface area (Å²) in [5.41, 5.74) is 11.0. The SMILES string of the molecule is CC(C)CC(N)C(=O)NC(CCC(=O)NC(CCC(=O)CN)C(=O)NC(CCC(=O)C=N)C(=O)O)C(=O)O. The van der Waals surface area contributed by atoms with E-state index in [1.165, 1.54) is 0 Å². The third kappa shape index (κ3) is 14.1. The summed E-state index contributed by atoms with van der Waals surface area (Å²) in [6.45, 7) is 3.37. The van der Waals surface area contributed by atoms with Gasteiger partial charge in [-0.1, -0.05) is 13.8 Å². The molecule has 15 nitrogen and oxygen atoms in total. The number of carboxylic acids is 2. The fourth-order valence-electron chi connectivity index (χ4n) is 3.26. The standard InChI is InChI=1S/C23H38N6O9/c1-12(2)9-15(26)20(33)28-18(23(37)38)7-8-19(32)27-16(5-3-13(30)10-24)21(34)29-17(22(35)36)6-4-14(31)11-25/h11-12,15-18,25H,3-10,24,26H2,1-2H3,(H,27,32)(H,28,33)(H,29,34)(H,35,36)(H,37,38). The number of nitrogens with one attached hydrogen (secondary N) is 4. The Hall–Kier alpha value is -3.72. The van der Waals surface area contributed by atoms with Crippen LogP contribution in [-0.2, 0) is 33.6 Å². The van der Waals surface area contributed by atoms with Crippen molar-refractivity contribution in [3.05, 3.63) is 0 Å². The molecule has 0 bridgehead atoms. The normalized spacial score (nSPS) is 13.9. The summed E-state index contributed by atoms with van der Waals surface area (Å²) in [5, 5.41) is 32.4. The van der Waals surface area contributed by atoms with Gasteiger partial charge >= 0.3 is 11.9 Å². The van der Waals surface area contributed by atoms with Crippen LogP contribution < -0.4 is 27.4 Å². The highest BCUT2D eigenvalue weighted by atomic mass is 16.4. The van der Waals surface area contributed by atoms with E-state index in [-0.39, 0.29) is 44.6 Å². The Morgan fingerprint density at radius 1 is 0.789 bits per heavy atom. The van der Waals surface area contributed by atoms with Crippen LogP contribution in [0.4, 0.5) is 0 Å². The van der Waals surface area contributed by atoms with Gasteiger partial charge in [0.2, 0.25) is 17.7 Å². The van der Waals surface area contributed by atoms with Crippen molar-refractivity contribution in [2.45, 2.75) is 83.0 Å². The molecule has 4 unspecified atom stereocenters. The summed E-state index contributed by atoms with van der Waals surface area (Å²) in [7, 11) is 0. The minimum atomic E-state index is -1.50. The number of ketones is 2. The molecular formula is C23H38N6O9. The number of carbonyl (C=O) groups excluding carboxylic acids is 5. The number of aliphatic carboxylic acids is 2. The lowest BCUT2D eigenvalue weighted by Gasteiger charge is -2.22. The Bertz CT molecular complexity index is 893. The zero-order valence-electron chi connectivity index (χ0n) is 21.5. The Kier molecular flexibility index (Phi) is 16.0. The molecule has 0 heterocycles. The average molecular weight is 543 g/mol. The van der Waals surface area contributed by atoms with Crippen LogP contribution in [-0.4, -0.2) is 88.4 Å². The molecule has 0 radical (unpaired) electrons. The topological polar surface area (TPSA) is 272 Å². The van der Waals surface area contributed by atoms with Gasteiger partial charge in [0.05, 0.1) is 18.8 Å². The first-order chi connectivity index (χ1) is 17.7. The van der Waals surface area contributed by atoms with E-state index in [2.05, 4.69) is 16.0 Å². The van der Waals surface area contributed by atoms with Gasteiger partial charge in [-0.15, -0.1) is 0 Å². The van der Waals surface area contributed by atoms with Crippen molar-refractivity contribution < 1.29 is 43.8 Å². The highest BCUT2D eigenvalue weighted by Crippen LogP contribution is 2.07. The van der Waals surface area contributed by atoms with Gasteiger partial charge in [0.15, 0.2) is 5.78 Å². The molecule has 10 N–H and O–H groups in total. The monoisotopic (exact) mass is 542 g/mol. The van der Waals surface area contributed by atoms with E-state index in [0.717, 1.165) is 0 Å². The predicted molar refractivity (Wildman–Crippen MR) is 134 cm³/mol. The largest absolute Gasteiger partial charge is 0.480 e. The summed E-state index contributed by atoms with van der Waals surface area (Å²) >= 11 is 0. The van der Waals surface area contributed by atoms with E-state index in [0.29, 0.717) is 12.6 Å². The number of Topliss-reactive ketones (excluding diaryl/α,β-unsaturated/α-hetero) is 2. The van der Waals surface area contributed by atoms with Gasteiger partial charge in [-0.25, -0.2) is 9.59 Å². The van der Waals surface area contributed by atoms with E-state index in [1.807, 2.05) is 13.8 Å². The summed E-state index contributed by atoms with van der Waals surface area (Å²) in [5.74, 6) is -6.24. The molecular weight excluding hydrogens is 504 g/mol. The van der Waals surface area contributed by atoms with Crippen molar-refractivity contribution in [2.75, 3.05) is 6.54 Å². The van der Waals surface area contributed by atoms with Crippen LogP contribution in [0.5, 0.6) is 0 Å². The average Bonchev–Trinajstić information content (AvgIpc) is 2.84. The van der Waals surface area contributed by atoms with E-state index < -0.39 is 71.8 Å². The molecule has 0 aromatic carbocycles. The van der Waals surface area contributed by atoms with Gasteiger partial charge in [0, 0.05) is 19.3 Å². The van der Waals surface area contributed by atoms with Crippen molar-refractivity contribution in [3.8, 4) is 0 Å². The van der Waals surface area contributed by atoms with E-state index in [4.69, 9.17) is 16.9 Å². The predicted octanol–water partition coefficient (Wildman–Crippen LogP) is -1.93. The van der Waals surface area contributed by atoms with Crippen LogP contribution in [0.15, 0.2) is 0 Å². The molecule has 0 spiro atoms. The number of hydrogen-bond donors (Lipinski definition) is 8. The smallest absolute Gasteiger partial charge is 0.326 e. The van der Waals surface area contributed by atoms with Gasteiger partial charge in [0.25, 0.3) is 0 Å². The number of hydrogen-bond acceptors (Lipinski definition) is 10. The summed E-state index contributed by atoms with van der Waals surface area (Å²) in [6, 6.07) is -5.23. The van der Waals surface area contributed by atoms with Gasteiger partial charge in [-0.05, 0) is 31.6 Å². The molecule has 0 fully saturated rings. The molecule has 0 aromatic heterocycles.